The number of quaternary nitrogens is 1. The monoisotopic (exact) mass is 781 g/mol. The smallest absolute Gasteiger partial charge is 0.462 e. The maximum atomic E-state index is 12.6. The summed E-state index contributed by atoms with van der Waals surface area (Å²) in [6.45, 7) is 4.25. The fourth-order valence-corrected chi connectivity index (χ4v) is 5.98. The average molecular weight is 781 g/mol. The summed E-state index contributed by atoms with van der Waals surface area (Å²) in [5.74, 6) is -0.897. The normalized spacial score (nSPS) is 14.3. The van der Waals surface area contributed by atoms with Crippen LogP contribution in [0.5, 0.6) is 0 Å². The van der Waals surface area contributed by atoms with Crippen LogP contribution in [0.1, 0.15) is 155 Å². The predicted molar refractivity (Wildman–Crippen MR) is 224 cm³/mol. The van der Waals surface area contributed by atoms with E-state index in [0.29, 0.717) is 17.4 Å². The van der Waals surface area contributed by atoms with Crippen molar-refractivity contribution in [2.75, 3.05) is 47.5 Å². The highest BCUT2D eigenvalue weighted by molar-refractivity contribution is 7.47. The zero-order chi connectivity index (χ0) is 40.0. The van der Waals surface area contributed by atoms with Gasteiger partial charge in [-0.1, -0.05) is 158 Å². The van der Waals surface area contributed by atoms with E-state index < -0.39 is 26.5 Å². The van der Waals surface area contributed by atoms with E-state index in [1.54, 1.807) is 0 Å². The van der Waals surface area contributed by atoms with Gasteiger partial charge in [0.25, 0.3) is 0 Å². The Balaban J connectivity index is 4.52. The zero-order valence-electron chi connectivity index (χ0n) is 34.9. The number of phosphoric ester groups is 1. The first-order valence-corrected chi connectivity index (χ1v) is 22.5. The summed E-state index contributed by atoms with van der Waals surface area (Å²) in [7, 11) is 1.43. The first-order valence-electron chi connectivity index (χ1n) is 21.0. The molecular weight excluding hydrogens is 701 g/mol. The second kappa shape index (κ2) is 36.4. The lowest BCUT2D eigenvalue weighted by Crippen LogP contribution is -2.37. The Kier molecular flexibility index (Phi) is 34.8. The molecule has 54 heavy (non-hydrogen) atoms. The van der Waals surface area contributed by atoms with Crippen molar-refractivity contribution < 1.29 is 42.1 Å². The van der Waals surface area contributed by atoms with E-state index in [1.165, 1.54) is 70.6 Å². The van der Waals surface area contributed by atoms with E-state index in [0.717, 1.165) is 51.4 Å². The lowest BCUT2D eigenvalue weighted by molar-refractivity contribution is -0.870. The number of phosphoric acid groups is 1. The van der Waals surface area contributed by atoms with Gasteiger partial charge in [0.1, 0.15) is 19.8 Å². The Bertz CT molecular complexity index is 1110. The molecular formula is C44H79NO8P+. The van der Waals surface area contributed by atoms with Crippen molar-refractivity contribution in [2.45, 2.75) is 161 Å². The number of ether oxygens (including phenoxy) is 2. The minimum Gasteiger partial charge on any atom is -0.462 e. The molecule has 0 saturated carbocycles. The number of nitrogens with zero attached hydrogens (tertiary/aromatic N) is 1. The summed E-state index contributed by atoms with van der Waals surface area (Å²) in [6, 6.07) is 0. The molecule has 0 aromatic rings. The largest absolute Gasteiger partial charge is 0.472 e. The molecule has 0 spiro atoms. The lowest BCUT2D eigenvalue weighted by atomic mass is 10.0. The zero-order valence-corrected chi connectivity index (χ0v) is 35.8. The number of likely N-dealkylation sites (N-methyl/N-ethyl adjacent to an activating group) is 1. The van der Waals surface area contributed by atoms with Crippen LogP contribution in [-0.2, 0) is 32.7 Å². The standard InChI is InChI=1S/C44H78NO8P/c1-6-8-10-12-14-16-18-20-21-22-23-25-27-29-31-33-35-37-44(47)53-42(41-52-54(48,49)51-39-38-45(3,4)5)40-50-43(46)36-34-32-30-28-26-24-19-17-15-13-11-9-7-2/h10,12,16,18,21-22,25,27,31,33,42H,6-9,11,13-15,17,19-20,23-24,26,28-30,32,34-41H2,1-5H3/p+1/b12-10-,18-16-,22-21-,27-25-,33-31-. The van der Waals surface area contributed by atoms with Crippen LogP contribution in [0.25, 0.3) is 0 Å². The molecule has 0 amide bonds. The SMILES string of the molecule is CCC/C=C\C/C=C\C/C=C\C/C=C\C/C=C\CCC(=O)OC(COC(=O)CCCCCCCCCCCCCCC)COP(=O)(O)OCC[N+](C)(C)C. The molecule has 0 bridgehead atoms. The molecule has 312 valence electrons. The van der Waals surface area contributed by atoms with Gasteiger partial charge in [0.15, 0.2) is 6.10 Å². The summed E-state index contributed by atoms with van der Waals surface area (Å²) in [5.41, 5.74) is 0. The fourth-order valence-electron chi connectivity index (χ4n) is 5.24. The van der Waals surface area contributed by atoms with Crippen molar-refractivity contribution >= 4 is 19.8 Å². The second-order valence-electron chi connectivity index (χ2n) is 15.0. The molecule has 1 N–H and O–H groups in total. The molecule has 0 saturated heterocycles. The van der Waals surface area contributed by atoms with Gasteiger partial charge in [0.2, 0.25) is 0 Å². The molecule has 10 heteroatoms. The highest BCUT2D eigenvalue weighted by Crippen LogP contribution is 2.43. The third-order valence-electron chi connectivity index (χ3n) is 8.55. The summed E-state index contributed by atoms with van der Waals surface area (Å²) in [4.78, 5) is 35.2. The molecule has 0 aliphatic heterocycles. The Hall–Kier alpha value is -2.29. The molecule has 2 unspecified atom stereocenters. The van der Waals surface area contributed by atoms with Crippen molar-refractivity contribution in [3.8, 4) is 0 Å². The Morgan fingerprint density at radius 2 is 1.04 bits per heavy atom. The molecule has 9 nitrogen and oxygen atoms in total. The van der Waals surface area contributed by atoms with Crippen LogP contribution in [0.4, 0.5) is 0 Å². The first-order chi connectivity index (χ1) is 26.0. The van der Waals surface area contributed by atoms with Crippen LogP contribution in [0.2, 0.25) is 0 Å². The summed E-state index contributed by atoms with van der Waals surface area (Å²) in [6.07, 6.45) is 42.8. The molecule has 0 aliphatic carbocycles. The molecule has 0 aromatic carbocycles. The van der Waals surface area contributed by atoms with Gasteiger partial charge in [-0.25, -0.2) is 4.57 Å². The number of carbonyl (C=O) groups is 2. The van der Waals surface area contributed by atoms with Gasteiger partial charge in [-0.15, -0.1) is 0 Å². The van der Waals surface area contributed by atoms with E-state index in [2.05, 4.69) is 62.5 Å². The van der Waals surface area contributed by atoms with Crippen molar-refractivity contribution in [2.24, 2.45) is 0 Å². The average Bonchev–Trinajstić information content (AvgIpc) is 3.12. The lowest BCUT2D eigenvalue weighted by Gasteiger charge is -2.24. The maximum Gasteiger partial charge on any atom is 0.472 e. The summed E-state index contributed by atoms with van der Waals surface area (Å²) in [5, 5.41) is 0. The van der Waals surface area contributed by atoms with Gasteiger partial charge < -0.3 is 18.9 Å². The van der Waals surface area contributed by atoms with Crippen LogP contribution >= 0.6 is 7.82 Å². The number of esters is 2. The Labute approximate surface area is 330 Å². The van der Waals surface area contributed by atoms with Gasteiger partial charge in [-0.2, -0.15) is 0 Å². The molecule has 2 atom stereocenters. The van der Waals surface area contributed by atoms with E-state index in [9.17, 15) is 19.0 Å². The first kappa shape index (κ1) is 51.7. The van der Waals surface area contributed by atoms with Gasteiger partial charge in [0.05, 0.1) is 27.7 Å². The number of hydrogen-bond donors (Lipinski definition) is 1. The molecule has 0 rings (SSSR count). The number of unbranched alkanes of at least 4 members (excludes halogenated alkanes) is 13. The van der Waals surface area contributed by atoms with E-state index in [4.69, 9.17) is 18.5 Å². The molecule has 0 aliphatic rings. The minimum atomic E-state index is -4.39. The van der Waals surface area contributed by atoms with Crippen molar-refractivity contribution in [1.82, 2.24) is 0 Å². The molecule has 0 aromatic heterocycles. The fraction of sp³-hybridized carbons (Fsp3) is 0.727. The Morgan fingerprint density at radius 3 is 1.52 bits per heavy atom. The second-order valence-corrected chi connectivity index (χ2v) is 16.5. The van der Waals surface area contributed by atoms with Crippen molar-refractivity contribution in [1.29, 1.82) is 0 Å². The maximum absolute atomic E-state index is 12.6. The van der Waals surface area contributed by atoms with Gasteiger partial charge in [-0.05, 0) is 44.9 Å². The molecule has 0 heterocycles. The third kappa shape index (κ3) is 39.4. The van der Waals surface area contributed by atoms with E-state index >= 15 is 0 Å². The van der Waals surface area contributed by atoms with Crippen LogP contribution in [0.15, 0.2) is 60.8 Å². The highest BCUT2D eigenvalue weighted by Gasteiger charge is 2.27. The van der Waals surface area contributed by atoms with E-state index in [-0.39, 0.29) is 32.0 Å². The van der Waals surface area contributed by atoms with Gasteiger partial charge in [0, 0.05) is 12.8 Å². The van der Waals surface area contributed by atoms with Crippen LogP contribution in [0.3, 0.4) is 0 Å². The van der Waals surface area contributed by atoms with Crippen molar-refractivity contribution in [3.05, 3.63) is 60.8 Å². The van der Waals surface area contributed by atoms with Gasteiger partial charge >= 0.3 is 19.8 Å². The number of allylic oxidation sites excluding steroid dienone is 10. The van der Waals surface area contributed by atoms with Gasteiger partial charge in [-0.3, -0.25) is 18.6 Å². The number of carbonyl (C=O) groups excluding carboxylic acids is 2. The quantitative estimate of drug-likeness (QED) is 0.0218. The summed E-state index contributed by atoms with van der Waals surface area (Å²) >= 11 is 0. The summed E-state index contributed by atoms with van der Waals surface area (Å²) < 4.78 is 34.1. The van der Waals surface area contributed by atoms with Crippen molar-refractivity contribution in [3.63, 3.8) is 0 Å². The number of rotatable bonds is 37. The van der Waals surface area contributed by atoms with Crippen LogP contribution in [0, 0.1) is 0 Å². The molecule has 0 radical (unpaired) electrons. The topological polar surface area (TPSA) is 108 Å². The predicted octanol–water partition coefficient (Wildman–Crippen LogP) is 11.7. The number of hydrogen-bond acceptors (Lipinski definition) is 7. The Morgan fingerprint density at radius 1 is 0.574 bits per heavy atom. The molecule has 0 fully saturated rings. The van der Waals surface area contributed by atoms with E-state index in [1.807, 2.05) is 33.3 Å². The minimum absolute atomic E-state index is 0.0170. The van der Waals surface area contributed by atoms with Crippen LogP contribution in [-0.4, -0.2) is 74.9 Å². The highest BCUT2D eigenvalue weighted by atomic mass is 31.2. The third-order valence-corrected chi connectivity index (χ3v) is 9.53. The van der Waals surface area contributed by atoms with Crippen LogP contribution < -0.4 is 0 Å².